The third kappa shape index (κ3) is 11.6. The largest absolute Gasteiger partial charge is 0.381 e. The molecule has 142 valence electrons. The van der Waals surface area contributed by atoms with Crippen LogP contribution in [-0.4, -0.2) is 64.7 Å². The van der Waals surface area contributed by atoms with Crippen molar-refractivity contribution < 1.29 is 14.2 Å². The zero-order valence-electron chi connectivity index (χ0n) is 15.8. The van der Waals surface area contributed by atoms with Crippen molar-refractivity contribution in [1.82, 2.24) is 10.6 Å². The van der Waals surface area contributed by atoms with Crippen molar-refractivity contribution in [2.24, 2.45) is 10.9 Å². The minimum Gasteiger partial charge on any atom is -0.381 e. The molecule has 0 aromatic carbocycles. The van der Waals surface area contributed by atoms with E-state index in [1.165, 1.54) is 0 Å². The van der Waals surface area contributed by atoms with E-state index in [0.29, 0.717) is 12.0 Å². The number of aliphatic imine (C=N–C) groups is 1. The van der Waals surface area contributed by atoms with Crippen LogP contribution in [0.5, 0.6) is 0 Å². The summed E-state index contributed by atoms with van der Waals surface area (Å²) < 4.78 is 16.8. The summed E-state index contributed by atoms with van der Waals surface area (Å²) in [6.07, 6.45) is 4.37. The average Bonchev–Trinajstić information content (AvgIpc) is 2.58. The van der Waals surface area contributed by atoms with E-state index in [9.17, 15) is 0 Å². The van der Waals surface area contributed by atoms with Gasteiger partial charge in [0.2, 0.25) is 0 Å². The van der Waals surface area contributed by atoms with Crippen LogP contribution in [0.15, 0.2) is 4.99 Å². The first-order valence-corrected chi connectivity index (χ1v) is 9.51. The Morgan fingerprint density at radius 2 is 1.96 bits per heavy atom. The fourth-order valence-electron chi connectivity index (χ4n) is 2.39. The molecule has 1 rings (SSSR count). The Bertz CT molecular complexity index is 319. The van der Waals surface area contributed by atoms with Crippen molar-refractivity contribution in [3.05, 3.63) is 0 Å². The molecule has 0 unspecified atom stereocenters. The summed E-state index contributed by atoms with van der Waals surface area (Å²) in [5, 5.41) is 6.63. The third-order valence-corrected chi connectivity index (χ3v) is 3.65. The van der Waals surface area contributed by atoms with Gasteiger partial charge in [-0.2, -0.15) is 0 Å². The minimum absolute atomic E-state index is 0.381. The van der Waals surface area contributed by atoms with E-state index < -0.39 is 0 Å². The number of nitrogens with zero attached hydrogens (tertiary/aromatic N) is 1. The quantitative estimate of drug-likeness (QED) is 0.323. The Kier molecular flexibility index (Phi) is 12.8. The molecule has 1 saturated heterocycles. The summed E-state index contributed by atoms with van der Waals surface area (Å²) in [5.41, 5.74) is 0. The lowest BCUT2D eigenvalue weighted by atomic mass is 10.1. The van der Waals surface area contributed by atoms with Crippen LogP contribution in [-0.2, 0) is 14.2 Å². The van der Waals surface area contributed by atoms with Crippen LogP contribution in [0.2, 0.25) is 0 Å². The number of guanidine groups is 1. The molecule has 24 heavy (non-hydrogen) atoms. The second-order valence-electron chi connectivity index (χ2n) is 6.55. The molecular formula is C18H37N3O3. The van der Waals surface area contributed by atoms with Crippen LogP contribution in [0.3, 0.4) is 0 Å². The number of rotatable bonds is 12. The molecule has 1 aliphatic rings. The first-order valence-electron chi connectivity index (χ1n) is 9.51. The van der Waals surface area contributed by atoms with Gasteiger partial charge in [0.05, 0.1) is 6.10 Å². The van der Waals surface area contributed by atoms with Gasteiger partial charge in [-0.3, -0.25) is 4.99 Å². The number of hydrogen-bond donors (Lipinski definition) is 2. The molecular weight excluding hydrogens is 306 g/mol. The standard InChI is InChI=1S/C18H37N3O3/c1-4-19-18(20-9-5-11-23-15-16(2)3)21-10-6-12-24-17-7-13-22-14-8-17/h16-17H,4-15H2,1-3H3,(H2,19,20,21). The van der Waals surface area contributed by atoms with Crippen molar-refractivity contribution in [3.63, 3.8) is 0 Å². The molecule has 0 amide bonds. The zero-order chi connectivity index (χ0) is 17.5. The lowest BCUT2D eigenvalue weighted by Crippen LogP contribution is -2.38. The lowest BCUT2D eigenvalue weighted by molar-refractivity contribution is -0.0320. The lowest BCUT2D eigenvalue weighted by Gasteiger charge is -2.22. The molecule has 6 nitrogen and oxygen atoms in total. The van der Waals surface area contributed by atoms with E-state index in [0.717, 1.165) is 84.3 Å². The first kappa shape index (κ1) is 21.2. The molecule has 0 aliphatic carbocycles. The van der Waals surface area contributed by atoms with Gasteiger partial charge in [0.15, 0.2) is 5.96 Å². The maximum atomic E-state index is 5.87. The Labute approximate surface area is 147 Å². The maximum Gasteiger partial charge on any atom is 0.191 e. The van der Waals surface area contributed by atoms with Gasteiger partial charge in [0.1, 0.15) is 0 Å². The van der Waals surface area contributed by atoms with Crippen LogP contribution in [0, 0.1) is 5.92 Å². The van der Waals surface area contributed by atoms with E-state index >= 15 is 0 Å². The number of nitrogens with one attached hydrogen (secondary N) is 2. The predicted molar refractivity (Wildman–Crippen MR) is 98.7 cm³/mol. The molecule has 6 heteroatoms. The second kappa shape index (κ2) is 14.5. The molecule has 0 bridgehead atoms. The second-order valence-corrected chi connectivity index (χ2v) is 6.55. The van der Waals surface area contributed by atoms with E-state index in [2.05, 4.69) is 36.4 Å². The van der Waals surface area contributed by atoms with Crippen molar-refractivity contribution in [3.8, 4) is 0 Å². The van der Waals surface area contributed by atoms with E-state index in [1.807, 2.05) is 0 Å². The number of hydrogen-bond acceptors (Lipinski definition) is 4. The summed E-state index contributed by atoms with van der Waals surface area (Å²) in [7, 11) is 0. The van der Waals surface area contributed by atoms with Gasteiger partial charge in [0.25, 0.3) is 0 Å². The molecule has 2 N–H and O–H groups in total. The Hall–Kier alpha value is -0.850. The van der Waals surface area contributed by atoms with Crippen molar-refractivity contribution >= 4 is 5.96 Å². The normalized spacial score (nSPS) is 16.6. The Morgan fingerprint density at radius 3 is 2.67 bits per heavy atom. The molecule has 1 heterocycles. The van der Waals surface area contributed by atoms with Gasteiger partial charge in [-0.15, -0.1) is 0 Å². The highest BCUT2D eigenvalue weighted by Gasteiger charge is 2.13. The molecule has 1 aliphatic heterocycles. The zero-order valence-corrected chi connectivity index (χ0v) is 15.8. The fraction of sp³-hybridized carbons (Fsp3) is 0.944. The van der Waals surface area contributed by atoms with Gasteiger partial charge in [-0.05, 0) is 38.5 Å². The monoisotopic (exact) mass is 343 g/mol. The fourth-order valence-corrected chi connectivity index (χ4v) is 2.39. The van der Waals surface area contributed by atoms with Gasteiger partial charge in [0, 0.05) is 52.7 Å². The minimum atomic E-state index is 0.381. The molecule has 1 fully saturated rings. The van der Waals surface area contributed by atoms with Crippen LogP contribution in [0.4, 0.5) is 0 Å². The third-order valence-electron chi connectivity index (χ3n) is 3.65. The van der Waals surface area contributed by atoms with Gasteiger partial charge in [-0.1, -0.05) is 13.8 Å². The average molecular weight is 344 g/mol. The SMILES string of the molecule is CCNC(=NCCCOCC(C)C)NCCCOC1CCOCC1. The van der Waals surface area contributed by atoms with Crippen LogP contribution < -0.4 is 10.6 Å². The smallest absolute Gasteiger partial charge is 0.191 e. The van der Waals surface area contributed by atoms with Gasteiger partial charge < -0.3 is 24.8 Å². The Morgan fingerprint density at radius 1 is 1.17 bits per heavy atom. The number of ether oxygens (including phenoxy) is 3. The maximum absolute atomic E-state index is 5.87. The molecule has 0 aromatic rings. The molecule has 0 saturated carbocycles. The van der Waals surface area contributed by atoms with Crippen molar-refractivity contribution in [2.45, 2.75) is 52.6 Å². The van der Waals surface area contributed by atoms with E-state index in [-0.39, 0.29) is 0 Å². The molecule has 0 aromatic heterocycles. The highest BCUT2D eigenvalue weighted by Crippen LogP contribution is 2.10. The van der Waals surface area contributed by atoms with Crippen LogP contribution in [0.25, 0.3) is 0 Å². The highest BCUT2D eigenvalue weighted by atomic mass is 16.5. The van der Waals surface area contributed by atoms with Crippen LogP contribution in [0.1, 0.15) is 46.5 Å². The van der Waals surface area contributed by atoms with Crippen molar-refractivity contribution in [1.29, 1.82) is 0 Å². The molecule has 0 radical (unpaired) electrons. The summed E-state index contributed by atoms with van der Waals surface area (Å²) in [4.78, 5) is 4.57. The summed E-state index contributed by atoms with van der Waals surface area (Å²) in [6, 6.07) is 0. The van der Waals surface area contributed by atoms with Gasteiger partial charge >= 0.3 is 0 Å². The van der Waals surface area contributed by atoms with E-state index in [4.69, 9.17) is 14.2 Å². The Balaban J connectivity index is 2.05. The predicted octanol–water partition coefficient (Wildman–Crippen LogP) is 2.19. The topological polar surface area (TPSA) is 64.1 Å². The summed E-state index contributed by atoms with van der Waals surface area (Å²) in [6.45, 7) is 13.0. The first-order chi connectivity index (χ1) is 11.7. The van der Waals surface area contributed by atoms with Gasteiger partial charge in [-0.25, -0.2) is 0 Å². The van der Waals surface area contributed by atoms with E-state index in [1.54, 1.807) is 0 Å². The molecule has 0 spiro atoms. The summed E-state index contributed by atoms with van der Waals surface area (Å²) >= 11 is 0. The van der Waals surface area contributed by atoms with Crippen LogP contribution >= 0.6 is 0 Å². The van der Waals surface area contributed by atoms with Crippen molar-refractivity contribution in [2.75, 3.05) is 52.7 Å². The summed E-state index contributed by atoms with van der Waals surface area (Å²) in [5.74, 6) is 1.48. The molecule has 0 atom stereocenters. The highest BCUT2D eigenvalue weighted by molar-refractivity contribution is 5.79.